The highest BCUT2D eigenvalue weighted by Crippen LogP contribution is 2.24. The van der Waals surface area contributed by atoms with Crippen molar-refractivity contribution in [2.75, 3.05) is 19.7 Å². The summed E-state index contributed by atoms with van der Waals surface area (Å²) in [5.41, 5.74) is 0.611. The third-order valence-electron chi connectivity index (χ3n) is 4.67. The van der Waals surface area contributed by atoms with Crippen molar-refractivity contribution in [2.45, 2.75) is 58.2 Å². The van der Waals surface area contributed by atoms with Crippen LogP contribution in [0.25, 0.3) is 0 Å². The average Bonchev–Trinajstić information content (AvgIpc) is 2.59. The molecule has 3 atom stereocenters. The van der Waals surface area contributed by atoms with Crippen LogP contribution < -0.4 is 5.32 Å². The fourth-order valence-electron chi connectivity index (χ4n) is 3.30. The van der Waals surface area contributed by atoms with Gasteiger partial charge in [0, 0.05) is 19.1 Å². The highest BCUT2D eigenvalue weighted by Gasteiger charge is 2.30. The van der Waals surface area contributed by atoms with E-state index in [1.165, 1.54) is 0 Å². The standard InChI is InChI=1S/C20H32N2O3/c1-15(21-18(14-23)16-9-6-5-7-10-16)17-11-8-12-22(13-17)19(24)25-20(2,3)4/h5-7,9-10,15,17-18,21,23H,8,11-14H2,1-4H3. The topological polar surface area (TPSA) is 61.8 Å². The van der Waals surface area contributed by atoms with E-state index in [0.717, 1.165) is 24.9 Å². The Bertz CT molecular complexity index is 542. The number of aliphatic hydroxyl groups is 1. The zero-order valence-corrected chi connectivity index (χ0v) is 15.9. The third kappa shape index (κ3) is 6.01. The molecule has 1 saturated heterocycles. The van der Waals surface area contributed by atoms with Crippen molar-refractivity contribution in [3.05, 3.63) is 35.9 Å². The molecule has 0 aliphatic carbocycles. The number of hydrogen-bond donors (Lipinski definition) is 2. The first kappa shape index (κ1) is 19.7. The number of aliphatic hydroxyl groups excluding tert-OH is 1. The van der Waals surface area contributed by atoms with Crippen molar-refractivity contribution in [3.8, 4) is 0 Å². The summed E-state index contributed by atoms with van der Waals surface area (Å²) in [6.07, 6.45) is 1.82. The number of benzene rings is 1. The molecule has 0 radical (unpaired) electrons. The van der Waals surface area contributed by atoms with E-state index in [1.54, 1.807) is 0 Å². The van der Waals surface area contributed by atoms with Crippen LogP contribution in [0.2, 0.25) is 0 Å². The van der Waals surface area contributed by atoms with Crippen LogP contribution in [0.5, 0.6) is 0 Å². The monoisotopic (exact) mass is 348 g/mol. The molecule has 3 unspecified atom stereocenters. The molecule has 1 amide bonds. The number of nitrogens with zero attached hydrogens (tertiary/aromatic N) is 1. The Kier molecular flexibility index (Phi) is 6.85. The largest absolute Gasteiger partial charge is 0.444 e. The number of hydrogen-bond acceptors (Lipinski definition) is 4. The molecule has 1 heterocycles. The summed E-state index contributed by atoms with van der Waals surface area (Å²) in [4.78, 5) is 14.1. The number of rotatable bonds is 5. The van der Waals surface area contributed by atoms with E-state index in [0.29, 0.717) is 12.5 Å². The van der Waals surface area contributed by atoms with Gasteiger partial charge in [-0.05, 0) is 52.0 Å². The molecule has 0 spiro atoms. The number of likely N-dealkylation sites (tertiary alicyclic amines) is 1. The fraction of sp³-hybridized carbons (Fsp3) is 0.650. The molecule has 2 rings (SSSR count). The first-order chi connectivity index (χ1) is 11.8. The van der Waals surface area contributed by atoms with Crippen molar-refractivity contribution in [2.24, 2.45) is 5.92 Å². The molecule has 2 N–H and O–H groups in total. The van der Waals surface area contributed by atoms with Gasteiger partial charge in [-0.2, -0.15) is 0 Å². The van der Waals surface area contributed by atoms with Gasteiger partial charge in [-0.15, -0.1) is 0 Å². The zero-order valence-electron chi connectivity index (χ0n) is 15.9. The van der Waals surface area contributed by atoms with Gasteiger partial charge in [0.1, 0.15) is 5.60 Å². The predicted molar refractivity (Wildman–Crippen MR) is 99.4 cm³/mol. The predicted octanol–water partition coefficient (Wildman–Crippen LogP) is 3.35. The van der Waals surface area contributed by atoms with Gasteiger partial charge < -0.3 is 20.1 Å². The van der Waals surface area contributed by atoms with Crippen LogP contribution >= 0.6 is 0 Å². The summed E-state index contributed by atoms with van der Waals surface area (Å²) in [6, 6.07) is 10.1. The van der Waals surface area contributed by atoms with Gasteiger partial charge in [0.25, 0.3) is 0 Å². The van der Waals surface area contributed by atoms with Crippen LogP contribution in [0.1, 0.15) is 52.1 Å². The molecule has 25 heavy (non-hydrogen) atoms. The number of carbonyl (C=O) groups is 1. The van der Waals surface area contributed by atoms with E-state index in [-0.39, 0.29) is 24.8 Å². The second-order valence-electron chi connectivity index (χ2n) is 7.93. The molecule has 0 saturated carbocycles. The van der Waals surface area contributed by atoms with Crippen LogP contribution in [0, 0.1) is 5.92 Å². The smallest absolute Gasteiger partial charge is 0.410 e. The van der Waals surface area contributed by atoms with Gasteiger partial charge in [-0.1, -0.05) is 30.3 Å². The van der Waals surface area contributed by atoms with Crippen molar-refractivity contribution < 1.29 is 14.6 Å². The lowest BCUT2D eigenvalue weighted by molar-refractivity contribution is 0.0143. The Morgan fingerprint density at radius 1 is 1.36 bits per heavy atom. The fourth-order valence-corrected chi connectivity index (χ4v) is 3.30. The molecule has 140 valence electrons. The van der Waals surface area contributed by atoms with Crippen LogP contribution in [0.3, 0.4) is 0 Å². The molecular weight excluding hydrogens is 316 g/mol. The molecule has 5 nitrogen and oxygen atoms in total. The average molecular weight is 348 g/mol. The molecule has 1 aliphatic heterocycles. The van der Waals surface area contributed by atoms with E-state index in [9.17, 15) is 9.90 Å². The molecule has 1 aliphatic rings. The number of amides is 1. The summed E-state index contributed by atoms with van der Waals surface area (Å²) in [5.74, 6) is 0.346. The maximum atomic E-state index is 12.3. The second-order valence-corrected chi connectivity index (χ2v) is 7.93. The SMILES string of the molecule is CC(NC(CO)c1ccccc1)C1CCCN(C(=O)OC(C)(C)C)C1. The molecule has 0 bridgehead atoms. The molecule has 1 aromatic carbocycles. The minimum absolute atomic E-state index is 0.0524. The number of ether oxygens (including phenoxy) is 1. The second kappa shape index (κ2) is 8.68. The highest BCUT2D eigenvalue weighted by atomic mass is 16.6. The summed E-state index contributed by atoms with van der Waals surface area (Å²) in [6.45, 7) is 9.30. The maximum absolute atomic E-state index is 12.3. The van der Waals surface area contributed by atoms with E-state index in [1.807, 2.05) is 56.0 Å². The summed E-state index contributed by atoms with van der Waals surface area (Å²) in [5, 5.41) is 13.3. The van der Waals surface area contributed by atoms with Crippen molar-refractivity contribution in [3.63, 3.8) is 0 Å². The minimum Gasteiger partial charge on any atom is -0.444 e. The molecular formula is C20H32N2O3. The molecule has 1 fully saturated rings. The summed E-state index contributed by atoms with van der Waals surface area (Å²) in [7, 11) is 0. The maximum Gasteiger partial charge on any atom is 0.410 e. The summed E-state index contributed by atoms with van der Waals surface area (Å²) < 4.78 is 5.50. The molecule has 1 aromatic rings. The van der Waals surface area contributed by atoms with Gasteiger partial charge in [0.2, 0.25) is 0 Å². The number of carbonyl (C=O) groups excluding carboxylic acids is 1. The van der Waals surface area contributed by atoms with Crippen molar-refractivity contribution in [1.82, 2.24) is 10.2 Å². The van der Waals surface area contributed by atoms with Crippen molar-refractivity contribution >= 4 is 6.09 Å². The molecule has 5 heteroatoms. The zero-order chi connectivity index (χ0) is 18.4. The van der Waals surface area contributed by atoms with Gasteiger partial charge in [0.15, 0.2) is 0 Å². The number of nitrogens with one attached hydrogen (secondary N) is 1. The van der Waals surface area contributed by atoms with Crippen LogP contribution in [0.15, 0.2) is 30.3 Å². The lowest BCUT2D eigenvalue weighted by Crippen LogP contribution is -2.48. The quantitative estimate of drug-likeness (QED) is 0.857. The van der Waals surface area contributed by atoms with Crippen LogP contribution in [0.4, 0.5) is 4.79 Å². The first-order valence-corrected chi connectivity index (χ1v) is 9.20. The lowest BCUT2D eigenvalue weighted by atomic mass is 9.91. The Labute approximate surface area is 151 Å². The summed E-state index contributed by atoms with van der Waals surface area (Å²) >= 11 is 0. The van der Waals surface area contributed by atoms with E-state index in [4.69, 9.17) is 4.74 Å². The Morgan fingerprint density at radius 2 is 2.04 bits per heavy atom. The lowest BCUT2D eigenvalue weighted by Gasteiger charge is -2.37. The van der Waals surface area contributed by atoms with Gasteiger partial charge in [0.05, 0.1) is 12.6 Å². The van der Waals surface area contributed by atoms with E-state index >= 15 is 0 Å². The van der Waals surface area contributed by atoms with Gasteiger partial charge in [-0.25, -0.2) is 4.79 Å². The molecule has 0 aromatic heterocycles. The van der Waals surface area contributed by atoms with Crippen LogP contribution in [-0.4, -0.2) is 47.4 Å². The Hall–Kier alpha value is -1.59. The van der Waals surface area contributed by atoms with Gasteiger partial charge in [-0.3, -0.25) is 0 Å². The van der Waals surface area contributed by atoms with E-state index < -0.39 is 5.60 Å². The number of piperidine rings is 1. The van der Waals surface area contributed by atoms with Gasteiger partial charge >= 0.3 is 6.09 Å². The van der Waals surface area contributed by atoms with E-state index in [2.05, 4.69) is 12.2 Å². The van der Waals surface area contributed by atoms with Crippen molar-refractivity contribution in [1.29, 1.82) is 0 Å². The first-order valence-electron chi connectivity index (χ1n) is 9.20. The Morgan fingerprint density at radius 3 is 2.64 bits per heavy atom. The third-order valence-corrected chi connectivity index (χ3v) is 4.67. The minimum atomic E-state index is -0.469. The normalized spacial score (nSPS) is 20.8. The van der Waals surface area contributed by atoms with Crippen LogP contribution in [-0.2, 0) is 4.74 Å². The highest BCUT2D eigenvalue weighted by molar-refractivity contribution is 5.68. The Balaban J connectivity index is 1.94.